The van der Waals surface area contributed by atoms with Crippen LogP contribution in [0.15, 0.2) is 91.5 Å². The molecule has 2 N–H and O–H groups in total. The second-order valence-corrected chi connectivity index (χ2v) is 8.51. The molecule has 2 amide bonds. The molecule has 1 aromatic heterocycles. The molecule has 8 nitrogen and oxygen atoms in total. The van der Waals surface area contributed by atoms with Crippen molar-refractivity contribution in [1.29, 1.82) is 0 Å². The third-order valence-electron chi connectivity index (χ3n) is 5.48. The summed E-state index contributed by atoms with van der Waals surface area (Å²) in [5.74, 6) is 1.02. The lowest BCUT2D eigenvalue weighted by Crippen LogP contribution is -2.47. The molecule has 0 saturated carbocycles. The van der Waals surface area contributed by atoms with Gasteiger partial charge in [-0.25, -0.2) is 9.97 Å². The number of benzene rings is 3. The third-order valence-corrected chi connectivity index (χ3v) is 5.78. The third kappa shape index (κ3) is 7.28. The second kappa shape index (κ2) is 12.5. The molecule has 0 aliphatic carbocycles. The first-order valence-corrected chi connectivity index (χ1v) is 11.9. The number of aromatic nitrogens is 2. The van der Waals surface area contributed by atoms with Crippen LogP contribution in [0.3, 0.4) is 0 Å². The van der Waals surface area contributed by atoms with Gasteiger partial charge in [0.15, 0.2) is 0 Å². The lowest BCUT2D eigenvalue weighted by Gasteiger charge is -2.19. The van der Waals surface area contributed by atoms with E-state index in [1.54, 1.807) is 37.4 Å². The Morgan fingerprint density at radius 3 is 2.30 bits per heavy atom. The minimum absolute atomic E-state index is 0.276. The van der Waals surface area contributed by atoms with Crippen molar-refractivity contribution in [3.05, 3.63) is 113 Å². The molecule has 0 aliphatic rings. The number of hydrogen-bond donors (Lipinski definition) is 2. The Hall–Kier alpha value is -4.43. The number of methoxy groups -OCH3 is 1. The molecular formula is C28H25ClN4O4. The first kappa shape index (κ1) is 25.7. The zero-order valence-electron chi connectivity index (χ0n) is 20.1. The van der Waals surface area contributed by atoms with E-state index in [1.165, 1.54) is 18.7 Å². The van der Waals surface area contributed by atoms with Crippen molar-refractivity contribution in [3.63, 3.8) is 0 Å². The van der Waals surface area contributed by atoms with E-state index < -0.39 is 11.9 Å². The van der Waals surface area contributed by atoms with Crippen LogP contribution in [0.2, 0.25) is 5.02 Å². The highest BCUT2D eigenvalue weighted by molar-refractivity contribution is 6.32. The van der Waals surface area contributed by atoms with Gasteiger partial charge >= 0.3 is 0 Å². The van der Waals surface area contributed by atoms with Crippen molar-refractivity contribution in [3.8, 4) is 17.2 Å². The summed E-state index contributed by atoms with van der Waals surface area (Å²) in [7, 11) is 1.57. The van der Waals surface area contributed by atoms with Crippen LogP contribution in [0.4, 0.5) is 0 Å². The van der Waals surface area contributed by atoms with Gasteiger partial charge in [-0.1, -0.05) is 54.1 Å². The Bertz CT molecular complexity index is 1340. The standard InChI is InChI=1S/C28H25ClN4O4/c1-36-23-11-12-26(24(29)14-23)37-22-9-7-20(8-10-22)15-32-28(35)25(13-19-5-3-2-4-6-19)33-27(34)21-16-30-18-31-17-21/h2-12,14,16-18,25H,13,15H2,1H3,(H,32,35)(H,33,34)/t25-/m1/s1. The number of carbonyl (C=O) groups is 2. The fourth-order valence-corrected chi connectivity index (χ4v) is 3.73. The number of ether oxygens (including phenoxy) is 2. The van der Waals surface area contributed by atoms with Gasteiger partial charge in [-0.15, -0.1) is 0 Å². The first-order chi connectivity index (χ1) is 18.0. The molecule has 3 aromatic carbocycles. The Morgan fingerprint density at radius 2 is 1.62 bits per heavy atom. The summed E-state index contributed by atoms with van der Waals surface area (Å²) in [5, 5.41) is 6.14. The number of hydrogen-bond acceptors (Lipinski definition) is 6. The van der Waals surface area contributed by atoms with Crippen molar-refractivity contribution < 1.29 is 19.1 Å². The molecule has 0 unspecified atom stereocenters. The van der Waals surface area contributed by atoms with Crippen LogP contribution >= 0.6 is 11.6 Å². The molecule has 37 heavy (non-hydrogen) atoms. The van der Waals surface area contributed by atoms with Crippen LogP contribution in [0, 0.1) is 0 Å². The maximum atomic E-state index is 13.1. The van der Waals surface area contributed by atoms with Gasteiger partial charge in [0, 0.05) is 31.4 Å². The molecule has 0 spiro atoms. The van der Waals surface area contributed by atoms with E-state index >= 15 is 0 Å². The minimum Gasteiger partial charge on any atom is -0.497 e. The van der Waals surface area contributed by atoms with Crippen LogP contribution in [0.25, 0.3) is 0 Å². The molecule has 4 rings (SSSR count). The molecule has 188 valence electrons. The molecule has 0 bridgehead atoms. The number of carbonyl (C=O) groups excluding carboxylic acids is 2. The van der Waals surface area contributed by atoms with Crippen LogP contribution in [-0.2, 0) is 17.8 Å². The van der Waals surface area contributed by atoms with Gasteiger partial charge in [-0.05, 0) is 35.4 Å². The lowest BCUT2D eigenvalue weighted by molar-refractivity contribution is -0.123. The van der Waals surface area contributed by atoms with E-state index in [1.807, 2.05) is 42.5 Å². The average molecular weight is 517 g/mol. The predicted molar refractivity (Wildman–Crippen MR) is 140 cm³/mol. The summed E-state index contributed by atoms with van der Waals surface area (Å²) < 4.78 is 11.0. The maximum Gasteiger partial charge on any atom is 0.255 e. The van der Waals surface area contributed by atoms with Crippen molar-refractivity contribution in [2.45, 2.75) is 19.0 Å². The van der Waals surface area contributed by atoms with Crippen LogP contribution in [0.5, 0.6) is 17.2 Å². The van der Waals surface area contributed by atoms with E-state index in [2.05, 4.69) is 20.6 Å². The maximum absolute atomic E-state index is 13.1. The molecule has 1 atom stereocenters. The van der Waals surface area contributed by atoms with E-state index in [9.17, 15) is 9.59 Å². The lowest BCUT2D eigenvalue weighted by atomic mass is 10.0. The van der Waals surface area contributed by atoms with Crippen LogP contribution in [-0.4, -0.2) is 34.9 Å². The predicted octanol–water partition coefficient (Wildman–Crippen LogP) is 4.59. The number of nitrogens with zero attached hydrogens (tertiary/aromatic N) is 2. The highest BCUT2D eigenvalue weighted by Crippen LogP contribution is 2.32. The molecule has 4 aromatic rings. The molecular weight excluding hydrogens is 492 g/mol. The van der Waals surface area contributed by atoms with Crippen molar-refractivity contribution in [1.82, 2.24) is 20.6 Å². The Labute approximate surface area is 219 Å². The fraction of sp³-hybridized carbons (Fsp3) is 0.143. The first-order valence-electron chi connectivity index (χ1n) is 11.5. The molecule has 1 heterocycles. The Balaban J connectivity index is 1.38. The summed E-state index contributed by atoms with van der Waals surface area (Å²) in [6.07, 6.45) is 4.49. The van der Waals surface area contributed by atoms with Gasteiger partial charge in [-0.3, -0.25) is 9.59 Å². The topological polar surface area (TPSA) is 102 Å². The number of nitrogens with one attached hydrogen (secondary N) is 2. The molecule has 0 fully saturated rings. The molecule has 9 heteroatoms. The quantitative estimate of drug-likeness (QED) is 0.319. The van der Waals surface area contributed by atoms with Crippen molar-refractivity contribution in [2.75, 3.05) is 7.11 Å². The molecule has 0 radical (unpaired) electrons. The summed E-state index contributed by atoms with van der Waals surface area (Å²) in [6.45, 7) is 0.276. The van der Waals surface area contributed by atoms with Gasteiger partial charge in [0.05, 0.1) is 17.7 Å². The molecule has 0 aliphatic heterocycles. The molecule has 0 saturated heterocycles. The number of amides is 2. The minimum atomic E-state index is -0.782. The summed E-state index contributed by atoms with van der Waals surface area (Å²) in [6, 6.07) is 21.2. The van der Waals surface area contributed by atoms with Gasteiger partial charge in [0.2, 0.25) is 5.91 Å². The van der Waals surface area contributed by atoms with Gasteiger partial charge < -0.3 is 20.1 Å². The van der Waals surface area contributed by atoms with E-state index in [-0.39, 0.29) is 18.0 Å². The highest BCUT2D eigenvalue weighted by Gasteiger charge is 2.22. The summed E-state index contributed by atoms with van der Waals surface area (Å²) in [4.78, 5) is 33.5. The average Bonchev–Trinajstić information content (AvgIpc) is 2.94. The number of rotatable bonds is 10. The smallest absolute Gasteiger partial charge is 0.255 e. The van der Waals surface area contributed by atoms with Crippen molar-refractivity contribution in [2.24, 2.45) is 0 Å². The van der Waals surface area contributed by atoms with Crippen LogP contribution in [0.1, 0.15) is 21.5 Å². The van der Waals surface area contributed by atoms with E-state index in [0.29, 0.717) is 28.7 Å². The normalized spacial score (nSPS) is 11.3. The largest absolute Gasteiger partial charge is 0.497 e. The monoisotopic (exact) mass is 516 g/mol. The fourth-order valence-electron chi connectivity index (χ4n) is 3.52. The second-order valence-electron chi connectivity index (χ2n) is 8.10. The SMILES string of the molecule is COc1ccc(Oc2ccc(CNC(=O)[C@@H](Cc3ccccc3)NC(=O)c3cncnc3)cc2)c(Cl)c1. The van der Waals surface area contributed by atoms with Crippen molar-refractivity contribution >= 4 is 23.4 Å². The zero-order chi connectivity index (χ0) is 26.0. The Kier molecular flexibility index (Phi) is 8.67. The highest BCUT2D eigenvalue weighted by atomic mass is 35.5. The van der Waals surface area contributed by atoms with Crippen LogP contribution < -0.4 is 20.1 Å². The van der Waals surface area contributed by atoms with Gasteiger partial charge in [-0.2, -0.15) is 0 Å². The summed E-state index contributed by atoms with van der Waals surface area (Å²) in [5.41, 5.74) is 2.06. The number of halogens is 1. The van der Waals surface area contributed by atoms with E-state index in [0.717, 1.165) is 11.1 Å². The zero-order valence-corrected chi connectivity index (χ0v) is 20.8. The van der Waals surface area contributed by atoms with E-state index in [4.69, 9.17) is 21.1 Å². The van der Waals surface area contributed by atoms with Gasteiger partial charge in [0.25, 0.3) is 5.91 Å². The summed E-state index contributed by atoms with van der Waals surface area (Å²) >= 11 is 6.25. The van der Waals surface area contributed by atoms with Gasteiger partial charge in [0.1, 0.15) is 29.6 Å². The Morgan fingerprint density at radius 1 is 0.919 bits per heavy atom.